The predicted octanol–water partition coefficient (Wildman–Crippen LogP) is 12.9. The largest absolute Gasteiger partial charge is 0.456 e. The van der Waals surface area contributed by atoms with Crippen LogP contribution in [-0.4, -0.2) is 9.55 Å². The lowest BCUT2D eigenvalue weighted by Gasteiger charge is -2.18. The normalized spacial score (nSPS) is 12.0. The molecule has 11 aromatic rings. The maximum absolute atomic E-state index is 6.36. The zero-order valence-corrected chi connectivity index (χ0v) is 27.0. The number of pyridine rings is 1. The van der Waals surface area contributed by atoms with Crippen LogP contribution in [0.1, 0.15) is 0 Å². The Morgan fingerprint density at radius 2 is 0.980 bits per heavy atom. The molecule has 0 spiro atoms. The second-order valence-corrected chi connectivity index (χ2v) is 13.1. The highest BCUT2D eigenvalue weighted by Crippen LogP contribution is 2.46. The Hall–Kier alpha value is -6.71. The van der Waals surface area contributed by atoms with Crippen molar-refractivity contribution in [1.82, 2.24) is 9.55 Å². The van der Waals surface area contributed by atoms with Gasteiger partial charge in [0.1, 0.15) is 11.2 Å². The Kier molecular flexibility index (Phi) is 5.67. The highest BCUT2D eigenvalue weighted by atomic mass is 16.3. The fourth-order valence-electron chi connectivity index (χ4n) is 8.23. The zero-order chi connectivity index (χ0) is 32.8. The van der Waals surface area contributed by atoms with Gasteiger partial charge in [0.2, 0.25) is 0 Å². The molecule has 3 aromatic heterocycles. The molecule has 11 rings (SSSR count). The number of nitrogens with zero attached hydrogens (tertiary/aromatic N) is 2. The smallest absolute Gasteiger partial charge is 0.137 e. The van der Waals surface area contributed by atoms with Gasteiger partial charge in [-0.3, -0.25) is 4.98 Å². The summed E-state index contributed by atoms with van der Waals surface area (Å²) < 4.78 is 8.73. The molecule has 0 radical (unpaired) electrons. The summed E-state index contributed by atoms with van der Waals surface area (Å²) in [5.74, 6) is 0. The number of aromatic nitrogens is 2. The van der Waals surface area contributed by atoms with E-state index in [0.717, 1.165) is 32.8 Å². The summed E-state index contributed by atoms with van der Waals surface area (Å²) in [7, 11) is 0. The van der Waals surface area contributed by atoms with Crippen molar-refractivity contribution < 1.29 is 4.42 Å². The summed E-state index contributed by atoms with van der Waals surface area (Å²) in [6.45, 7) is 0. The molecule has 0 atom stereocenters. The van der Waals surface area contributed by atoms with Gasteiger partial charge in [0.05, 0.1) is 16.6 Å². The fraction of sp³-hybridized carbons (Fsp3) is 0. The minimum Gasteiger partial charge on any atom is -0.456 e. The molecule has 3 nitrogen and oxygen atoms in total. The Balaban J connectivity index is 1.18. The Morgan fingerprint density at radius 1 is 0.400 bits per heavy atom. The summed E-state index contributed by atoms with van der Waals surface area (Å²) in [5, 5.41) is 10.8. The van der Waals surface area contributed by atoms with Crippen LogP contribution in [0.3, 0.4) is 0 Å². The minimum atomic E-state index is 0.859. The molecule has 0 aliphatic heterocycles. The van der Waals surface area contributed by atoms with E-state index in [-0.39, 0.29) is 0 Å². The van der Waals surface area contributed by atoms with E-state index in [1.165, 1.54) is 71.3 Å². The second kappa shape index (κ2) is 10.4. The first-order valence-corrected chi connectivity index (χ1v) is 17.0. The standard InChI is InChI=1S/C47H28N2O/c1-2-12-32(13-3-1)49-42-19-9-8-14-33(42)38-26-30(20-22-43(38)49)46-34-15-4-6-17-36(34)47(37-18-7-5-16-35(37)46)31-21-23-44-39(27-31)40-25-29-11-10-24-48-41(29)28-45(40)50-44/h1-28H. The number of hydrogen-bond acceptors (Lipinski definition) is 2. The lowest BCUT2D eigenvalue weighted by atomic mass is 9.85. The van der Waals surface area contributed by atoms with Crippen molar-refractivity contribution in [3.63, 3.8) is 0 Å². The molecule has 50 heavy (non-hydrogen) atoms. The van der Waals surface area contributed by atoms with Crippen molar-refractivity contribution in [2.45, 2.75) is 0 Å². The number of hydrogen-bond donors (Lipinski definition) is 0. The molecule has 3 heteroatoms. The van der Waals surface area contributed by atoms with Crippen molar-refractivity contribution in [1.29, 1.82) is 0 Å². The van der Waals surface area contributed by atoms with E-state index in [1.54, 1.807) is 0 Å². The van der Waals surface area contributed by atoms with Crippen LogP contribution in [0, 0.1) is 0 Å². The van der Waals surface area contributed by atoms with Crippen molar-refractivity contribution in [2.75, 3.05) is 0 Å². The summed E-state index contributed by atoms with van der Waals surface area (Å²) in [6.07, 6.45) is 1.83. The molecule has 232 valence electrons. The van der Waals surface area contributed by atoms with Gasteiger partial charge < -0.3 is 8.98 Å². The monoisotopic (exact) mass is 636 g/mol. The molecule has 0 amide bonds. The summed E-state index contributed by atoms with van der Waals surface area (Å²) in [6, 6.07) is 59.1. The lowest BCUT2D eigenvalue weighted by Crippen LogP contribution is -1.93. The Labute approximate surface area is 287 Å². The van der Waals surface area contributed by atoms with Gasteiger partial charge >= 0.3 is 0 Å². The quantitative estimate of drug-likeness (QED) is 0.181. The van der Waals surface area contributed by atoms with Crippen LogP contribution in [0.4, 0.5) is 0 Å². The van der Waals surface area contributed by atoms with E-state index in [4.69, 9.17) is 4.42 Å². The van der Waals surface area contributed by atoms with Gasteiger partial charge in [-0.2, -0.15) is 0 Å². The van der Waals surface area contributed by atoms with E-state index in [9.17, 15) is 0 Å². The first-order chi connectivity index (χ1) is 24.8. The highest BCUT2D eigenvalue weighted by molar-refractivity contribution is 6.23. The topological polar surface area (TPSA) is 31.0 Å². The van der Waals surface area contributed by atoms with Crippen molar-refractivity contribution >= 4 is 76.2 Å². The molecule has 0 fully saturated rings. The number of rotatable bonds is 3. The number of fused-ring (bicyclic) bond motifs is 9. The third kappa shape index (κ3) is 3.89. The van der Waals surface area contributed by atoms with Crippen LogP contribution in [0.2, 0.25) is 0 Å². The Morgan fingerprint density at radius 3 is 1.70 bits per heavy atom. The molecule has 0 N–H and O–H groups in total. The van der Waals surface area contributed by atoms with Gasteiger partial charge in [0, 0.05) is 44.9 Å². The molecule has 3 heterocycles. The second-order valence-electron chi connectivity index (χ2n) is 13.1. The van der Waals surface area contributed by atoms with Crippen molar-refractivity contribution in [3.05, 3.63) is 170 Å². The van der Waals surface area contributed by atoms with Gasteiger partial charge in [-0.15, -0.1) is 0 Å². The predicted molar refractivity (Wildman–Crippen MR) is 209 cm³/mol. The van der Waals surface area contributed by atoms with E-state index < -0.39 is 0 Å². The highest BCUT2D eigenvalue weighted by Gasteiger charge is 2.20. The van der Waals surface area contributed by atoms with E-state index in [1.807, 2.05) is 12.3 Å². The maximum Gasteiger partial charge on any atom is 0.137 e. The molecular formula is C47H28N2O. The molecule has 0 bridgehead atoms. The maximum atomic E-state index is 6.36. The van der Waals surface area contributed by atoms with Crippen LogP contribution >= 0.6 is 0 Å². The first kappa shape index (κ1) is 27.3. The molecule has 8 aromatic carbocycles. The molecule has 0 aliphatic rings. The van der Waals surface area contributed by atoms with Crippen LogP contribution in [0.5, 0.6) is 0 Å². The molecule has 0 saturated carbocycles. The molecule has 0 aliphatic carbocycles. The molecular weight excluding hydrogens is 609 g/mol. The van der Waals surface area contributed by atoms with Gasteiger partial charge in [-0.05, 0) is 98.4 Å². The van der Waals surface area contributed by atoms with Crippen LogP contribution in [-0.2, 0) is 0 Å². The average molecular weight is 637 g/mol. The van der Waals surface area contributed by atoms with Gasteiger partial charge in [0.15, 0.2) is 0 Å². The van der Waals surface area contributed by atoms with Gasteiger partial charge in [0.25, 0.3) is 0 Å². The van der Waals surface area contributed by atoms with Gasteiger partial charge in [-0.1, -0.05) is 103 Å². The summed E-state index contributed by atoms with van der Waals surface area (Å²) in [4.78, 5) is 4.55. The Bertz CT molecular complexity index is 3090. The zero-order valence-electron chi connectivity index (χ0n) is 27.0. The van der Waals surface area contributed by atoms with Crippen molar-refractivity contribution in [2.24, 2.45) is 0 Å². The first-order valence-electron chi connectivity index (χ1n) is 17.0. The third-order valence-electron chi connectivity index (χ3n) is 10.4. The fourth-order valence-corrected chi connectivity index (χ4v) is 8.23. The van der Waals surface area contributed by atoms with E-state index in [2.05, 4.69) is 167 Å². The molecule has 0 unspecified atom stereocenters. The van der Waals surface area contributed by atoms with Crippen LogP contribution in [0.25, 0.3) is 104 Å². The van der Waals surface area contributed by atoms with E-state index >= 15 is 0 Å². The van der Waals surface area contributed by atoms with Gasteiger partial charge in [-0.25, -0.2) is 0 Å². The number of furan rings is 1. The SMILES string of the molecule is c1ccc(-n2c3ccccc3c3cc(-c4c5ccccc5c(-c5ccc6oc7cc8ncccc8cc7c6c5)c5ccccc45)ccc32)cc1. The summed E-state index contributed by atoms with van der Waals surface area (Å²) in [5.41, 5.74) is 11.1. The number of para-hydroxylation sites is 2. The van der Waals surface area contributed by atoms with Crippen molar-refractivity contribution in [3.8, 4) is 27.9 Å². The lowest BCUT2D eigenvalue weighted by molar-refractivity contribution is 0.669. The average Bonchev–Trinajstić information content (AvgIpc) is 3.70. The molecule has 0 saturated heterocycles. The number of benzene rings is 8. The van der Waals surface area contributed by atoms with Crippen LogP contribution < -0.4 is 0 Å². The van der Waals surface area contributed by atoms with Crippen LogP contribution in [0.15, 0.2) is 174 Å². The third-order valence-corrected chi connectivity index (χ3v) is 10.4. The minimum absolute atomic E-state index is 0.859. The van der Waals surface area contributed by atoms with E-state index in [0.29, 0.717) is 0 Å². The summed E-state index contributed by atoms with van der Waals surface area (Å²) >= 11 is 0.